The van der Waals surface area contributed by atoms with Crippen molar-refractivity contribution in [3.05, 3.63) is 17.0 Å². The molecule has 0 aliphatic carbocycles. The van der Waals surface area contributed by atoms with Crippen LogP contribution in [-0.2, 0) is 16.0 Å². The van der Waals surface area contributed by atoms with Crippen LogP contribution in [-0.4, -0.2) is 40.9 Å². The standard InChI is InChI=1S/C12H16N2O5/c1-3-8-9(7(2)19-14-8)10(15)13-12(11(16)17)4-5-18-6-12/h3-6H2,1-2H3,(H,13,15)(H,16,17). The molecule has 1 aliphatic heterocycles. The number of aliphatic carboxylic acids is 1. The third-order valence-electron chi connectivity index (χ3n) is 3.28. The van der Waals surface area contributed by atoms with Crippen molar-refractivity contribution >= 4 is 11.9 Å². The van der Waals surface area contributed by atoms with E-state index in [-0.39, 0.29) is 13.0 Å². The van der Waals surface area contributed by atoms with Crippen molar-refractivity contribution in [3.63, 3.8) is 0 Å². The Morgan fingerprint density at radius 1 is 1.53 bits per heavy atom. The van der Waals surface area contributed by atoms with E-state index in [1.54, 1.807) is 6.92 Å². The van der Waals surface area contributed by atoms with E-state index in [0.29, 0.717) is 30.0 Å². The highest BCUT2D eigenvalue weighted by Crippen LogP contribution is 2.21. The van der Waals surface area contributed by atoms with Gasteiger partial charge >= 0.3 is 5.97 Å². The highest BCUT2D eigenvalue weighted by atomic mass is 16.5. The number of carboxylic acids is 1. The highest BCUT2D eigenvalue weighted by Gasteiger charge is 2.44. The van der Waals surface area contributed by atoms with Crippen molar-refractivity contribution in [2.24, 2.45) is 0 Å². The van der Waals surface area contributed by atoms with Crippen LogP contribution in [0, 0.1) is 6.92 Å². The third-order valence-corrected chi connectivity index (χ3v) is 3.28. The Morgan fingerprint density at radius 2 is 2.26 bits per heavy atom. The average Bonchev–Trinajstić information content (AvgIpc) is 2.96. The Bertz CT molecular complexity index is 502. The molecule has 7 heteroatoms. The molecule has 0 bridgehead atoms. The van der Waals surface area contributed by atoms with Gasteiger partial charge in [0.1, 0.15) is 11.3 Å². The molecule has 1 atom stereocenters. The first-order valence-corrected chi connectivity index (χ1v) is 6.09. The molecule has 19 heavy (non-hydrogen) atoms. The zero-order valence-electron chi connectivity index (χ0n) is 10.9. The average molecular weight is 268 g/mol. The number of carbonyl (C=O) groups is 2. The fraction of sp³-hybridized carbons (Fsp3) is 0.583. The minimum Gasteiger partial charge on any atom is -0.479 e. The molecule has 0 radical (unpaired) electrons. The summed E-state index contributed by atoms with van der Waals surface area (Å²) in [6, 6.07) is 0. The number of hydrogen-bond acceptors (Lipinski definition) is 5. The van der Waals surface area contributed by atoms with Crippen molar-refractivity contribution in [1.29, 1.82) is 0 Å². The van der Waals surface area contributed by atoms with Crippen molar-refractivity contribution in [3.8, 4) is 0 Å². The summed E-state index contributed by atoms with van der Waals surface area (Å²) in [5.41, 5.74) is -0.518. The summed E-state index contributed by atoms with van der Waals surface area (Å²) in [7, 11) is 0. The second-order valence-electron chi connectivity index (χ2n) is 4.56. The normalized spacial score (nSPS) is 22.4. The lowest BCUT2D eigenvalue weighted by Crippen LogP contribution is -2.55. The minimum atomic E-state index is -1.36. The van der Waals surface area contributed by atoms with Gasteiger partial charge in [0.05, 0.1) is 12.3 Å². The number of rotatable bonds is 4. The molecule has 2 N–H and O–H groups in total. The molecule has 1 unspecified atom stereocenters. The molecule has 0 saturated carbocycles. The predicted molar refractivity (Wildman–Crippen MR) is 63.9 cm³/mol. The number of amides is 1. The van der Waals surface area contributed by atoms with Gasteiger partial charge in [0.15, 0.2) is 5.54 Å². The zero-order chi connectivity index (χ0) is 14.0. The Labute approximate surface area is 109 Å². The van der Waals surface area contributed by atoms with Gasteiger partial charge in [-0.2, -0.15) is 0 Å². The molecule has 1 aromatic heterocycles. The topological polar surface area (TPSA) is 102 Å². The molecule has 1 amide bonds. The Balaban J connectivity index is 2.25. The molecule has 7 nitrogen and oxygen atoms in total. The predicted octanol–water partition coefficient (Wildman–Crippen LogP) is 0.519. The molecule has 1 aliphatic rings. The SMILES string of the molecule is CCc1noc(C)c1C(=O)NC1(C(=O)O)CCOC1. The monoisotopic (exact) mass is 268 g/mol. The maximum Gasteiger partial charge on any atom is 0.331 e. The van der Waals surface area contributed by atoms with E-state index in [4.69, 9.17) is 9.26 Å². The molecular formula is C12H16N2O5. The molecule has 2 heterocycles. The van der Waals surface area contributed by atoms with Crippen molar-refractivity contribution in [2.45, 2.75) is 32.2 Å². The number of carbonyl (C=O) groups excluding carboxylic acids is 1. The van der Waals surface area contributed by atoms with E-state index in [9.17, 15) is 14.7 Å². The molecule has 0 spiro atoms. The summed E-state index contributed by atoms with van der Waals surface area (Å²) < 4.78 is 10.1. The Hall–Kier alpha value is -1.89. The lowest BCUT2D eigenvalue weighted by Gasteiger charge is -2.23. The van der Waals surface area contributed by atoms with Crippen LogP contribution in [0.4, 0.5) is 0 Å². The van der Waals surface area contributed by atoms with E-state index in [2.05, 4.69) is 10.5 Å². The number of aromatic nitrogens is 1. The van der Waals surface area contributed by atoms with Crippen molar-refractivity contribution in [1.82, 2.24) is 10.5 Å². The summed E-state index contributed by atoms with van der Waals surface area (Å²) in [5, 5.41) is 15.6. The van der Waals surface area contributed by atoms with Crippen LogP contribution in [0.2, 0.25) is 0 Å². The number of carboxylic acid groups (broad SMARTS) is 1. The van der Waals surface area contributed by atoms with E-state index >= 15 is 0 Å². The van der Waals surface area contributed by atoms with Gasteiger partial charge in [-0.25, -0.2) is 4.79 Å². The minimum absolute atomic E-state index is 0.0279. The maximum absolute atomic E-state index is 12.2. The van der Waals surface area contributed by atoms with Gasteiger partial charge in [-0.15, -0.1) is 0 Å². The smallest absolute Gasteiger partial charge is 0.331 e. The number of ether oxygens (including phenoxy) is 1. The first kappa shape index (κ1) is 13.5. The van der Waals surface area contributed by atoms with Crippen LogP contribution >= 0.6 is 0 Å². The second kappa shape index (κ2) is 5.00. The van der Waals surface area contributed by atoms with Gasteiger partial charge in [0, 0.05) is 13.0 Å². The number of hydrogen-bond donors (Lipinski definition) is 2. The van der Waals surface area contributed by atoms with Gasteiger partial charge in [-0.3, -0.25) is 4.79 Å². The summed E-state index contributed by atoms with van der Waals surface area (Å²) in [6.07, 6.45) is 0.788. The van der Waals surface area contributed by atoms with Gasteiger partial charge in [-0.1, -0.05) is 12.1 Å². The van der Waals surface area contributed by atoms with Gasteiger partial charge < -0.3 is 19.7 Å². The molecule has 1 aromatic rings. The Kier molecular flexibility index (Phi) is 3.57. The third kappa shape index (κ3) is 2.33. The number of nitrogens with zero attached hydrogens (tertiary/aromatic N) is 1. The van der Waals surface area contributed by atoms with Crippen LogP contribution in [0.25, 0.3) is 0 Å². The molecule has 2 rings (SSSR count). The van der Waals surface area contributed by atoms with Crippen molar-refractivity contribution < 1.29 is 24.0 Å². The molecule has 1 fully saturated rings. The lowest BCUT2D eigenvalue weighted by atomic mass is 9.98. The summed E-state index contributed by atoms with van der Waals surface area (Å²) >= 11 is 0. The Morgan fingerprint density at radius 3 is 2.79 bits per heavy atom. The molecule has 1 saturated heterocycles. The van der Waals surface area contributed by atoms with Gasteiger partial charge in [0.2, 0.25) is 0 Å². The van der Waals surface area contributed by atoms with Gasteiger partial charge in [0.25, 0.3) is 5.91 Å². The fourth-order valence-electron chi connectivity index (χ4n) is 2.12. The van der Waals surface area contributed by atoms with Crippen LogP contribution in [0.1, 0.15) is 35.2 Å². The summed E-state index contributed by atoms with van der Waals surface area (Å²) in [6.45, 7) is 3.76. The molecular weight excluding hydrogens is 252 g/mol. The highest BCUT2D eigenvalue weighted by molar-refractivity contribution is 5.99. The largest absolute Gasteiger partial charge is 0.479 e. The summed E-state index contributed by atoms with van der Waals surface area (Å²) in [5.74, 6) is -1.19. The lowest BCUT2D eigenvalue weighted by molar-refractivity contribution is -0.144. The maximum atomic E-state index is 12.2. The van der Waals surface area contributed by atoms with E-state index in [1.165, 1.54) is 0 Å². The van der Waals surface area contributed by atoms with E-state index in [1.807, 2.05) is 6.92 Å². The van der Waals surface area contributed by atoms with Crippen LogP contribution in [0.15, 0.2) is 4.52 Å². The summed E-state index contributed by atoms with van der Waals surface area (Å²) in [4.78, 5) is 23.6. The molecule has 104 valence electrons. The van der Waals surface area contributed by atoms with E-state index < -0.39 is 17.4 Å². The van der Waals surface area contributed by atoms with Crippen LogP contribution < -0.4 is 5.32 Å². The fourth-order valence-corrected chi connectivity index (χ4v) is 2.12. The second-order valence-corrected chi connectivity index (χ2v) is 4.56. The van der Waals surface area contributed by atoms with E-state index in [0.717, 1.165) is 0 Å². The first-order chi connectivity index (χ1) is 9.00. The first-order valence-electron chi connectivity index (χ1n) is 6.09. The molecule has 0 aromatic carbocycles. The quantitative estimate of drug-likeness (QED) is 0.825. The van der Waals surface area contributed by atoms with Gasteiger partial charge in [-0.05, 0) is 13.3 Å². The van der Waals surface area contributed by atoms with Crippen molar-refractivity contribution in [2.75, 3.05) is 13.2 Å². The number of aryl methyl sites for hydroxylation is 2. The van der Waals surface area contributed by atoms with Crippen LogP contribution in [0.5, 0.6) is 0 Å². The van der Waals surface area contributed by atoms with Crippen LogP contribution in [0.3, 0.4) is 0 Å². The number of nitrogens with one attached hydrogen (secondary N) is 1. The zero-order valence-corrected chi connectivity index (χ0v) is 10.9.